The maximum atomic E-state index is 13.4. The first-order valence-electron chi connectivity index (χ1n) is 10.4. The van der Waals surface area contributed by atoms with Gasteiger partial charge in [-0.2, -0.15) is 0 Å². The Morgan fingerprint density at radius 2 is 1.67 bits per heavy atom. The molecule has 1 aromatic carbocycles. The van der Waals surface area contributed by atoms with Crippen molar-refractivity contribution in [3.63, 3.8) is 0 Å². The van der Waals surface area contributed by atoms with E-state index in [-0.39, 0.29) is 36.4 Å². The van der Waals surface area contributed by atoms with Gasteiger partial charge < -0.3 is 19.6 Å². The van der Waals surface area contributed by atoms with Crippen LogP contribution in [-0.4, -0.2) is 95.7 Å². The highest BCUT2D eigenvalue weighted by Crippen LogP contribution is 2.30. The summed E-state index contributed by atoms with van der Waals surface area (Å²) in [4.78, 5) is 31.7. The number of aliphatic hydroxyl groups excluding tert-OH is 1. The van der Waals surface area contributed by atoms with Crippen molar-refractivity contribution >= 4 is 35.0 Å². The normalized spacial score (nSPS) is 27.2. The van der Waals surface area contributed by atoms with Crippen molar-refractivity contribution in [3.8, 4) is 0 Å². The molecule has 0 spiro atoms. The maximum Gasteiger partial charge on any atom is 0.248 e. The van der Waals surface area contributed by atoms with Gasteiger partial charge in [0.25, 0.3) is 0 Å². The number of aliphatic hydroxyl groups is 1. The lowest BCUT2D eigenvalue weighted by Gasteiger charge is -2.54. The van der Waals surface area contributed by atoms with E-state index in [2.05, 4.69) is 4.90 Å². The third-order valence-electron chi connectivity index (χ3n) is 6.43. The molecule has 0 aromatic heterocycles. The number of rotatable bonds is 4. The molecule has 7 nitrogen and oxygen atoms in total. The highest BCUT2D eigenvalue weighted by molar-refractivity contribution is 6.42. The molecule has 3 fully saturated rings. The van der Waals surface area contributed by atoms with Gasteiger partial charge in [0.05, 0.1) is 47.8 Å². The number of ether oxygens (including phenoxy) is 1. The lowest BCUT2D eigenvalue weighted by atomic mass is 9.90. The summed E-state index contributed by atoms with van der Waals surface area (Å²) in [6, 6.07) is 4.88. The van der Waals surface area contributed by atoms with Crippen molar-refractivity contribution < 1.29 is 19.4 Å². The fourth-order valence-electron chi connectivity index (χ4n) is 5.00. The summed E-state index contributed by atoms with van der Waals surface area (Å²) in [6.07, 6.45) is 2.48. The van der Waals surface area contributed by atoms with Gasteiger partial charge in [-0.1, -0.05) is 29.3 Å². The average Bonchev–Trinajstić information content (AvgIpc) is 3.29. The lowest BCUT2D eigenvalue weighted by Crippen LogP contribution is -2.72. The van der Waals surface area contributed by atoms with Crippen LogP contribution in [0, 0.1) is 0 Å². The predicted molar refractivity (Wildman–Crippen MR) is 114 cm³/mol. The zero-order valence-corrected chi connectivity index (χ0v) is 18.3. The van der Waals surface area contributed by atoms with Gasteiger partial charge in [0.2, 0.25) is 11.8 Å². The van der Waals surface area contributed by atoms with Crippen molar-refractivity contribution in [1.82, 2.24) is 14.7 Å². The van der Waals surface area contributed by atoms with E-state index in [1.807, 2.05) is 11.0 Å². The molecular formula is C21H27Cl2N3O4. The van der Waals surface area contributed by atoms with Gasteiger partial charge in [-0.05, 0) is 43.6 Å². The van der Waals surface area contributed by atoms with Crippen LogP contribution in [0.3, 0.4) is 0 Å². The fourth-order valence-corrected chi connectivity index (χ4v) is 5.32. The summed E-state index contributed by atoms with van der Waals surface area (Å²) in [5.74, 6) is -0.308. The van der Waals surface area contributed by atoms with Crippen LogP contribution in [0.15, 0.2) is 18.2 Å². The van der Waals surface area contributed by atoms with Crippen LogP contribution in [0.2, 0.25) is 10.0 Å². The third kappa shape index (κ3) is 4.32. The summed E-state index contributed by atoms with van der Waals surface area (Å²) in [5, 5.41) is 10.3. The molecular weight excluding hydrogens is 429 g/mol. The van der Waals surface area contributed by atoms with Gasteiger partial charge in [-0.15, -0.1) is 0 Å². The van der Waals surface area contributed by atoms with Gasteiger partial charge >= 0.3 is 0 Å². The largest absolute Gasteiger partial charge is 0.387 e. The minimum atomic E-state index is -0.533. The second-order valence-electron chi connectivity index (χ2n) is 8.16. The molecule has 3 aliphatic rings. The highest BCUT2D eigenvalue weighted by Gasteiger charge is 2.48. The Balaban J connectivity index is 1.59. The molecule has 9 heteroatoms. The molecule has 0 radical (unpaired) electrons. The van der Waals surface area contributed by atoms with Crippen LogP contribution in [-0.2, 0) is 20.7 Å². The van der Waals surface area contributed by atoms with Crippen molar-refractivity contribution in [2.75, 3.05) is 46.0 Å². The number of likely N-dealkylation sites (tertiary alicyclic amines) is 1. The highest BCUT2D eigenvalue weighted by atomic mass is 35.5. The van der Waals surface area contributed by atoms with E-state index in [9.17, 15) is 14.7 Å². The third-order valence-corrected chi connectivity index (χ3v) is 7.17. The van der Waals surface area contributed by atoms with Gasteiger partial charge in [0.1, 0.15) is 6.61 Å². The zero-order valence-electron chi connectivity index (χ0n) is 16.8. The number of carbonyl (C=O) groups excluding carboxylic acids is 2. The Morgan fingerprint density at radius 3 is 2.37 bits per heavy atom. The second-order valence-corrected chi connectivity index (χ2v) is 8.98. The molecule has 1 aromatic rings. The Labute approximate surface area is 186 Å². The number of hydrogen-bond donors (Lipinski definition) is 1. The summed E-state index contributed by atoms with van der Waals surface area (Å²) in [5.41, 5.74) is 0.810. The number of benzene rings is 1. The van der Waals surface area contributed by atoms with Crippen molar-refractivity contribution in [3.05, 3.63) is 33.8 Å². The van der Waals surface area contributed by atoms with E-state index in [1.165, 1.54) is 0 Å². The van der Waals surface area contributed by atoms with Gasteiger partial charge in [-0.3, -0.25) is 14.5 Å². The SMILES string of the molecule is O=C(CO)N1CCN(C(=O)Cc2ccc(Cl)c(Cl)c2)[C@@H]2C(N3CCCC3)COCC21. The standard InChI is InChI=1S/C21H27Cl2N3O4/c22-15-4-3-14(9-16(15)23)10-19(28)26-8-7-25(20(29)11-27)18-13-30-12-17(21(18)26)24-5-1-2-6-24/h3-4,9,17-18,21,27H,1-2,5-8,10-13H2/t17?,18?,21-/m1/s1. The quantitative estimate of drug-likeness (QED) is 0.743. The molecule has 3 aliphatic heterocycles. The lowest BCUT2D eigenvalue weighted by molar-refractivity contribution is -0.164. The molecule has 30 heavy (non-hydrogen) atoms. The number of piperazine rings is 1. The molecule has 3 saturated heterocycles. The Morgan fingerprint density at radius 1 is 0.967 bits per heavy atom. The first kappa shape index (κ1) is 21.8. The maximum absolute atomic E-state index is 13.4. The average molecular weight is 456 g/mol. The number of halogens is 2. The van der Waals surface area contributed by atoms with Crippen LogP contribution < -0.4 is 0 Å². The molecule has 2 unspecified atom stereocenters. The zero-order chi connectivity index (χ0) is 21.3. The molecule has 1 N–H and O–H groups in total. The van der Waals surface area contributed by atoms with Crippen LogP contribution in [0.4, 0.5) is 0 Å². The van der Waals surface area contributed by atoms with Gasteiger partial charge in [0.15, 0.2) is 0 Å². The van der Waals surface area contributed by atoms with Crippen LogP contribution >= 0.6 is 23.2 Å². The van der Waals surface area contributed by atoms with Crippen LogP contribution in [0.25, 0.3) is 0 Å². The second kappa shape index (κ2) is 9.40. The fraction of sp³-hybridized carbons (Fsp3) is 0.619. The van der Waals surface area contributed by atoms with Gasteiger partial charge in [0, 0.05) is 13.1 Å². The topological polar surface area (TPSA) is 73.3 Å². The number of nitrogens with zero attached hydrogens (tertiary/aromatic N) is 3. The van der Waals surface area contributed by atoms with Crippen molar-refractivity contribution in [2.45, 2.75) is 37.4 Å². The smallest absolute Gasteiger partial charge is 0.248 e. The Hall–Kier alpha value is -1.38. The van der Waals surface area contributed by atoms with Crippen molar-refractivity contribution in [1.29, 1.82) is 0 Å². The monoisotopic (exact) mass is 455 g/mol. The number of amides is 2. The molecule has 0 saturated carbocycles. The van der Waals surface area contributed by atoms with E-state index < -0.39 is 6.61 Å². The van der Waals surface area contributed by atoms with Crippen LogP contribution in [0.1, 0.15) is 18.4 Å². The Kier molecular flexibility index (Phi) is 6.85. The van der Waals surface area contributed by atoms with E-state index in [1.54, 1.807) is 17.0 Å². The number of carbonyl (C=O) groups is 2. The molecule has 2 amide bonds. The van der Waals surface area contributed by atoms with E-state index >= 15 is 0 Å². The molecule has 3 heterocycles. The number of hydrogen-bond acceptors (Lipinski definition) is 5. The summed E-state index contributed by atoms with van der Waals surface area (Å²) >= 11 is 12.1. The molecule has 0 aliphatic carbocycles. The van der Waals surface area contributed by atoms with Crippen LogP contribution in [0.5, 0.6) is 0 Å². The van der Waals surface area contributed by atoms with E-state index in [0.29, 0.717) is 36.3 Å². The first-order chi connectivity index (χ1) is 14.5. The first-order valence-corrected chi connectivity index (χ1v) is 11.2. The molecule has 164 valence electrons. The minimum absolute atomic E-state index is 0.00517. The summed E-state index contributed by atoms with van der Waals surface area (Å²) in [7, 11) is 0. The molecule has 0 bridgehead atoms. The molecule has 4 rings (SSSR count). The van der Waals surface area contributed by atoms with Crippen molar-refractivity contribution in [2.24, 2.45) is 0 Å². The summed E-state index contributed by atoms with van der Waals surface area (Å²) < 4.78 is 5.88. The minimum Gasteiger partial charge on any atom is -0.387 e. The summed E-state index contributed by atoms with van der Waals surface area (Å²) in [6.45, 7) is 3.16. The van der Waals surface area contributed by atoms with Gasteiger partial charge in [-0.25, -0.2) is 0 Å². The Bertz CT molecular complexity index is 802. The molecule has 3 atom stereocenters. The predicted octanol–water partition coefficient (Wildman–Crippen LogP) is 1.43. The number of fused-ring (bicyclic) bond motifs is 1. The van der Waals surface area contributed by atoms with E-state index in [0.717, 1.165) is 31.5 Å². The van der Waals surface area contributed by atoms with E-state index in [4.69, 9.17) is 27.9 Å².